The van der Waals surface area contributed by atoms with Gasteiger partial charge in [-0.1, -0.05) is 18.6 Å². The summed E-state index contributed by atoms with van der Waals surface area (Å²) in [5, 5.41) is 0. The average molecular weight is 537 g/mol. The molecule has 2 spiro atoms. The zero-order valence-corrected chi connectivity index (χ0v) is 23.5. The van der Waals surface area contributed by atoms with Gasteiger partial charge in [0.05, 0.1) is 6.10 Å². The van der Waals surface area contributed by atoms with Crippen LogP contribution in [0.3, 0.4) is 0 Å². The number of ether oxygens (including phenoxy) is 2. The van der Waals surface area contributed by atoms with Gasteiger partial charge < -0.3 is 9.47 Å². The van der Waals surface area contributed by atoms with E-state index in [0.717, 1.165) is 25.7 Å². The van der Waals surface area contributed by atoms with Gasteiger partial charge in [-0.3, -0.25) is 9.59 Å². The van der Waals surface area contributed by atoms with Crippen LogP contribution in [0.2, 0.25) is 0 Å². The number of ketones is 1. The first-order valence-corrected chi connectivity index (χ1v) is 10.7. The molecule has 0 radical (unpaired) electrons. The first kappa shape index (κ1) is 28.6. The van der Waals surface area contributed by atoms with E-state index in [1.807, 2.05) is 6.08 Å². The summed E-state index contributed by atoms with van der Waals surface area (Å²) in [5.41, 5.74) is 0.839. The number of rotatable bonds is 0. The number of hydrogen-bond acceptors (Lipinski definition) is 4. The summed E-state index contributed by atoms with van der Waals surface area (Å²) in [6.45, 7) is 4.70. The Bertz CT molecular complexity index is 907. The second-order valence-electron chi connectivity index (χ2n) is 10.7. The maximum absolute atomic E-state index is 12.1. The van der Waals surface area contributed by atoms with Gasteiger partial charge in [0.15, 0.2) is 5.78 Å². The van der Waals surface area contributed by atoms with Gasteiger partial charge in [-0.25, -0.2) is 0 Å². The monoisotopic (exact) mass is 536 g/mol. The Morgan fingerprint density at radius 3 is 2.41 bits per heavy atom. The Kier molecular flexibility index (Phi) is 7.31. The lowest BCUT2D eigenvalue weighted by atomic mass is 9.47. The van der Waals surface area contributed by atoms with Crippen molar-refractivity contribution < 1.29 is 19.1 Å². The topological polar surface area (TPSA) is 55.9 Å². The first-order valence-electron chi connectivity index (χ1n) is 10.7. The lowest BCUT2D eigenvalue weighted by Gasteiger charge is -2.55. The highest BCUT2D eigenvalue weighted by Crippen LogP contribution is 2.82. The molecule has 4 saturated carbocycles. The largest absolute Gasteiger partial charge is 0.458 e. The number of carbonyl (C=O) groups excluding carboxylic acids is 2. The molecule has 7 aliphatic rings. The zero-order valence-electron chi connectivity index (χ0n) is 18.5. The van der Waals surface area contributed by atoms with Gasteiger partial charge in [0.1, 0.15) is 11.2 Å². The number of carbonyl (C=O) groups is 2. The smallest absolute Gasteiger partial charge is 0.306 e. The van der Waals surface area contributed by atoms with Crippen LogP contribution < -0.4 is 0 Å². The Labute approximate surface area is 225 Å². The van der Waals surface area contributed by atoms with E-state index < -0.39 is 0 Å². The van der Waals surface area contributed by atoms with E-state index >= 15 is 0 Å². The van der Waals surface area contributed by atoms with Gasteiger partial charge in [-0.15, -0.1) is 0 Å². The normalized spacial score (nSPS) is 51.8. The third-order valence-electron chi connectivity index (χ3n) is 10.0. The number of allylic oxidation sites excluding steroid dienone is 2. The van der Waals surface area contributed by atoms with Crippen molar-refractivity contribution in [2.75, 3.05) is 0 Å². The van der Waals surface area contributed by atoms with Crippen LogP contribution >= 0.6 is 67.5 Å². The molecule has 32 heavy (non-hydrogen) atoms. The number of fused-ring (bicyclic) bond motifs is 7. The number of epoxide rings is 1. The Morgan fingerprint density at radius 1 is 1.03 bits per heavy atom. The van der Waals surface area contributed by atoms with Crippen LogP contribution in [-0.4, -0.2) is 29.1 Å². The van der Waals surface area contributed by atoms with Crippen LogP contribution in [0.4, 0.5) is 0 Å². The minimum absolute atomic E-state index is 0. The van der Waals surface area contributed by atoms with Crippen LogP contribution in [0, 0.1) is 34.5 Å². The van der Waals surface area contributed by atoms with Gasteiger partial charge in [0.2, 0.25) is 0 Å². The first-order chi connectivity index (χ1) is 12.8. The van der Waals surface area contributed by atoms with E-state index in [0.29, 0.717) is 30.1 Å². The van der Waals surface area contributed by atoms with Gasteiger partial charge in [0, 0.05) is 17.3 Å². The average Bonchev–Trinajstić information content (AvgIpc) is 3.49. The molecule has 182 valence electrons. The summed E-state index contributed by atoms with van der Waals surface area (Å²) in [5.74, 6) is 2.41. The van der Waals surface area contributed by atoms with Crippen molar-refractivity contribution in [2.45, 2.75) is 69.7 Å². The van der Waals surface area contributed by atoms with E-state index in [2.05, 4.69) is 19.9 Å². The molecule has 6 fully saturated rings. The summed E-state index contributed by atoms with van der Waals surface area (Å²) in [6, 6.07) is 0. The van der Waals surface area contributed by atoms with E-state index in [4.69, 9.17) is 9.47 Å². The predicted molar refractivity (Wildman–Crippen MR) is 148 cm³/mol. The summed E-state index contributed by atoms with van der Waals surface area (Å²) >= 11 is 0. The maximum atomic E-state index is 12.1. The molecular weight excluding hydrogens is 501 g/mol. The molecule has 0 unspecified atom stereocenters. The van der Waals surface area contributed by atoms with Crippen molar-refractivity contribution in [2.24, 2.45) is 34.5 Å². The number of esters is 1. The van der Waals surface area contributed by atoms with Crippen LogP contribution in [0.1, 0.15) is 52.4 Å². The third-order valence-corrected chi connectivity index (χ3v) is 10.0. The molecule has 2 aliphatic heterocycles. The van der Waals surface area contributed by atoms with E-state index in [1.54, 1.807) is 6.08 Å². The molecule has 5 aliphatic carbocycles. The lowest BCUT2D eigenvalue weighted by molar-refractivity contribution is -0.164. The summed E-state index contributed by atoms with van der Waals surface area (Å²) in [4.78, 5) is 24.1. The molecule has 2 heterocycles. The summed E-state index contributed by atoms with van der Waals surface area (Å²) in [7, 11) is 0. The van der Waals surface area contributed by atoms with Crippen molar-refractivity contribution >= 4 is 79.2 Å². The highest BCUT2D eigenvalue weighted by atomic mass is 32.1. The highest BCUT2D eigenvalue weighted by Gasteiger charge is 2.85. The van der Waals surface area contributed by atoms with Crippen LogP contribution in [0.5, 0.6) is 0 Å². The standard InChI is InChI=1S/C23H26O4.5H2S/c1-20-6-3-12(24)9-16(20)13-10-14(13)19-15-4-7-22(8-5-18(25)27-22)21(15,2)11-17-23(19,20)26-17;;;;;/h3,6,9,13-15,17,19H,4-5,7-8,10-11H2,1-2H3;5*1H2/t13-,14-,15+,17-,19+,20+,21+,22-,23-;;;;;/m1...../s1. The maximum Gasteiger partial charge on any atom is 0.306 e. The van der Waals surface area contributed by atoms with Crippen LogP contribution in [0.25, 0.3) is 0 Å². The summed E-state index contributed by atoms with van der Waals surface area (Å²) in [6.07, 6.45) is 11.9. The fraction of sp³-hybridized carbons (Fsp3) is 0.739. The van der Waals surface area contributed by atoms with Gasteiger partial charge >= 0.3 is 5.97 Å². The minimum atomic E-state index is -0.257. The molecule has 9 atom stereocenters. The molecule has 7 rings (SSSR count). The molecule has 9 heteroatoms. The van der Waals surface area contributed by atoms with Gasteiger partial charge in [-0.05, 0) is 74.9 Å². The van der Waals surface area contributed by atoms with Crippen molar-refractivity contribution in [1.29, 1.82) is 0 Å². The molecule has 0 amide bonds. The Morgan fingerprint density at radius 2 is 1.75 bits per heavy atom. The fourth-order valence-corrected chi connectivity index (χ4v) is 8.75. The predicted octanol–water partition coefficient (Wildman–Crippen LogP) is 3.92. The third kappa shape index (κ3) is 2.87. The molecule has 0 N–H and O–H groups in total. The highest BCUT2D eigenvalue weighted by molar-refractivity contribution is 7.60. The van der Waals surface area contributed by atoms with Gasteiger partial charge in [0.25, 0.3) is 0 Å². The Hall–Kier alpha value is 0.330. The van der Waals surface area contributed by atoms with Crippen molar-refractivity contribution in [3.8, 4) is 0 Å². The molecular formula is C23H36O4S5. The molecule has 0 aromatic heterocycles. The quantitative estimate of drug-likeness (QED) is 0.348. The van der Waals surface area contributed by atoms with Crippen LogP contribution in [0.15, 0.2) is 23.8 Å². The second kappa shape index (κ2) is 8.19. The molecule has 0 aromatic rings. The minimum Gasteiger partial charge on any atom is -0.458 e. The lowest BCUT2D eigenvalue weighted by Crippen LogP contribution is -2.60. The van der Waals surface area contributed by atoms with Crippen LogP contribution in [-0.2, 0) is 19.1 Å². The van der Waals surface area contributed by atoms with Gasteiger partial charge in [-0.2, -0.15) is 67.5 Å². The molecule has 4 nitrogen and oxygen atoms in total. The summed E-state index contributed by atoms with van der Waals surface area (Å²) < 4.78 is 12.7. The van der Waals surface area contributed by atoms with Crippen molar-refractivity contribution in [1.82, 2.24) is 0 Å². The molecule has 0 bridgehead atoms. The second-order valence-corrected chi connectivity index (χ2v) is 10.7. The van der Waals surface area contributed by atoms with E-state index in [9.17, 15) is 9.59 Å². The van der Waals surface area contributed by atoms with Crippen molar-refractivity contribution in [3.63, 3.8) is 0 Å². The molecule has 0 aromatic carbocycles. The fourth-order valence-electron chi connectivity index (χ4n) is 8.75. The van der Waals surface area contributed by atoms with Crippen molar-refractivity contribution in [3.05, 3.63) is 23.8 Å². The zero-order chi connectivity index (χ0) is 18.4. The van der Waals surface area contributed by atoms with E-state index in [-0.39, 0.29) is 107 Å². The Balaban J connectivity index is 0.000000726. The SMILES string of the molecule is C[C@]12C=CC(=O)C=C1[C@@H]1C[C@H]1[C@H]1[C@@H]3CC[C@@]4(CCC(=O)O4)[C@@]3(C)C[C@H]3O[C@@]132.S.S.S.S.S. The number of hydrogen-bond donors (Lipinski definition) is 0. The molecule has 2 saturated heterocycles. The van der Waals surface area contributed by atoms with E-state index in [1.165, 1.54) is 12.0 Å².